The third-order valence-corrected chi connectivity index (χ3v) is 3.85. The summed E-state index contributed by atoms with van der Waals surface area (Å²) in [6.07, 6.45) is 3.38. The molecule has 3 nitrogen and oxygen atoms in total. The first-order valence-electron chi connectivity index (χ1n) is 7.79. The molecule has 0 saturated heterocycles. The summed E-state index contributed by atoms with van der Waals surface area (Å²) >= 11 is 0. The average Bonchev–Trinajstić information content (AvgIpc) is 2.60. The van der Waals surface area contributed by atoms with Crippen molar-refractivity contribution in [3.05, 3.63) is 77.9 Å². The van der Waals surface area contributed by atoms with E-state index in [0.29, 0.717) is 11.4 Å². The van der Waals surface area contributed by atoms with Crippen LogP contribution in [-0.4, -0.2) is 13.0 Å². The van der Waals surface area contributed by atoms with Gasteiger partial charge in [0.05, 0.1) is 12.8 Å². The highest BCUT2D eigenvalue weighted by Gasteiger charge is 2.06. The van der Waals surface area contributed by atoms with Crippen molar-refractivity contribution in [2.75, 3.05) is 12.4 Å². The SMILES string of the molecule is COc1ccc(C)cc1NC(=O)/C=C/c1cccc2ccccc12. The van der Waals surface area contributed by atoms with Gasteiger partial charge in [-0.2, -0.15) is 0 Å². The second-order valence-corrected chi connectivity index (χ2v) is 5.59. The summed E-state index contributed by atoms with van der Waals surface area (Å²) in [4.78, 5) is 12.2. The van der Waals surface area contributed by atoms with Crippen LogP contribution >= 0.6 is 0 Å². The highest BCUT2D eigenvalue weighted by molar-refractivity contribution is 6.04. The van der Waals surface area contributed by atoms with E-state index in [4.69, 9.17) is 4.74 Å². The fraction of sp³-hybridized carbons (Fsp3) is 0.0952. The molecule has 0 fully saturated rings. The standard InChI is InChI=1S/C21H19NO2/c1-15-10-12-20(24-2)19(14-15)22-21(23)13-11-17-8-5-7-16-6-3-4-9-18(16)17/h3-14H,1-2H3,(H,22,23)/b13-11+. The molecule has 0 aromatic heterocycles. The van der Waals surface area contributed by atoms with Crippen molar-refractivity contribution in [1.29, 1.82) is 0 Å². The Morgan fingerprint density at radius 3 is 2.67 bits per heavy atom. The number of hydrogen-bond donors (Lipinski definition) is 1. The molecule has 0 aliphatic heterocycles. The summed E-state index contributed by atoms with van der Waals surface area (Å²) in [5, 5.41) is 5.15. The van der Waals surface area contributed by atoms with Crippen LogP contribution in [0.3, 0.4) is 0 Å². The van der Waals surface area contributed by atoms with E-state index in [-0.39, 0.29) is 5.91 Å². The van der Waals surface area contributed by atoms with E-state index in [2.05, 4.69) is 23.5 Å². The van der Waals surface area contributed by atoms with E-state index in [1.165, 1.54) is 0 Å². The molecule has 0 radical (unpaired) electrons. The van der Waals surface area contributed by atoms with Crippen LogP contribution in [0.4, 0.5) is 5.69 Å². The van der Waals surface area contributed by atoms with Gasteiger partial charge < -0.3 is 10.1 Å². The number of ether oxygens (including phenoxy) is 1. The molecule has 120 valence electrons. The molecular weight excluding hydrogens is 298 g/mol. The van der Waals surface area contributed by atoms with Crippen LogP contribution in [0, 0.1) is 6.92 Å². The molecule has 24 heavy (non-hydrogen) atoms. The number of aryl methyl sites for hydroxylation is 1. The summed E-state index contributed by atoms with van der Waals surface area (Å²) in [7, 11) is 1.59. The van der Waals surface area contributed by atoms with Crippen LogP contribution in [0.15, 0.2) is 66.7 Å². The van der Waals surface area contributed by atoms with Crippen molar-refractivity contribution >= 4 is 28.4 Å². The Morgan fingerprint density at radius 1 is 1.04 bits per heavy atom. The van der Waals surface area contributed by atoms with Crippen LogP contribution in [-0.2, 0) is 4.79 Å². The Kier molecular flexibility index (Phi) is 4.62. The van der Waals surface area contributed by atoms with Gasteiger partial charge in [0.1, 0.15) is 5.75 Å². The molecular formula is C21H19NO2. The quantitative estimate of drug-likeness (QED) is 0.701. The number of fused-ring (bicyclic) bond motifs is 1. The second-order valence-electron chi connectivity index (χ2n) is 5.59. The molecule has 3 aromatic rings. The monoisotopic (exact) mass is 317 g/mol. The maximum atomic E-state index is 12.2. The van der Waals surface area contributed by atoms with Gasteiger partial charge in [0.15, 0.2) is 0 Å². The fourth-order valence-electron chi connectivity index (χ4n) is 2.66. The van der Waals surface area contributed by atoms with E-state index in [1.807, 2.05) is 55.5 Å². The lowest BCUT2D eigenvalue weighted by molar-refractivity contribution is -0.111. The largest absolute Gasteiger partial charge is 0.495 e. The van der Waals surface area contributed by atoms with E-state index in [1.54, 1.807) is 13.2 Å². The second kappa shape index (κ2) is 7.01. The van der Waals surface area contributed by atoms with Gasteiger partial charge in [-0.1, -0.05) is 48.5 Å². The Balaban J connectivity index is 1.82. The first-order chi connectivity index (χ1) is 11.7. The maximum Gasteiger partial charge on any atom is 0.248 e. The van der Waals surface area contributed by atoms with Crippen molar-refractivity contribution in [3.8, 4) is 5.75 Å². The number of rotatable bonds is 4. The molecule has 1 amide bonds. The van der Waals surface area contributed by atoms with Crippen LogP contribution in [0.5, 0.6) is 5.75 Å². The lowest BCUT2D eigenvalue weighted by Gasteiger charge is -2.09. The number of benzene rings is 3. The van der Waals surface area contributed by atoms with Gasteiger partial charge >= 0.3 is 0 Å². The summed E-state index contributed by atoms with van der Waals surface area (Å²) in [5.41, 5.74) is 2.74. The number of nitrogens with one attached hydrogen (secondary N) is 1. The zero-order valence-corrected chi connectivity index (χ0v) is 13.7. The predicted molar refractivity (Wildman–Crippen MR) is 99.3 cm³/mol. The zero-order chi connectivity index (χ0) is 16.9. The molecule has 0 saturated carbocycles. The maximum absolute atomic E-state index is 12.2. The van der Waals surface area contributed by atoms with Crippen molar-refractivity contribution in [2.24, 2.45) is 0 Å². The summed E-state index contributed by atoms with van der Waals surface area (Å²) in [6.45, 7) is 1.97. The minimum atomic E-state index is -0.188. The van der Waals surface area contributed by atoms with Crippen LogP contribution in [0.25, 0.3) is 16.8 Å². The highest BCUT2D eigenvalue weighted by atomic mass is 16.5. The average molecular weight is 317 g/mol. The molecule has 0 heterocycles. The summed E-state index contributed by atoms with van der Waals surface area (Å²) in [5.74, 6) is 0.458. The van der Waals surface area contributed by atoms with Gasteiger partial charge in [0.25, 0.3) is 0 Å². The lowest BCUT2D eigenvalue weighted by atomic mass is 10.0. The topological polar surface area (TPSA) is 38.3 Å². The van der Waals surface area contributed by atoms with Gasteiger partial charge in [0, 0.05) is 6.08 Å². The number of carbonyl (C=O) groups excluding carboxylic acids is 1. The normalized spacial score (nSPS) is 10.9. The molecule has 0 bridgehead atoms. The minimum absolute atomic E-state index is 0.188. The van der Waals surface area contributed by atoms with E-state index in [9.17, 15) is 4.79 Å². The molecule has 0 unspecified atom stereocenters. The lowest BCUT2D eigenvalue weighted by Crippen LogP contribution is -2.09. The summed E-state index contributed by atoms with van der Waals surface area (Å²) in [6, 6.07) is 19.8. The van der Waals surface area contributed by atoms with E-state index >= 15 is 0 Å². The molecule has 0 aliphatic rings. The molecule has 1 N–H and O–H groups in total. The number of hydrogen-bond acceptors (Lipinski definition) is 2. The van der Waals surface area contributed by atoms with Gasteiger partial charge in [0.2, 0.25) is 5.91 Å². The Morgan fingerprint density at radius 2 is 1.83 bits per heavy atom. The molecule has 3 rings (SSSR count). The fourth-order valence-corrected chi connectivity index (χ4v) is 2.66. The first-order valence-corrected chi connectivity index (χ1v) is 7.79. The van der Waals surface area contributed by atoms with Crippen LogP contribution in [0.1, 0.15) is 11.1 Å². The van der Waals surface area contributed by atoms with Crippen molar-refractivity contribution in [1.82, 2.24) is 0 Å². The Hall–Kier alpha value is -3.07. The van der Waals surface area contributed by atoms with E-state index in [0.717, 1.165) is 21.9 Å². The Labute approximate surface area is 141 Å². The third kappa shape index (κ3) is 3.46. The first kappa shape index (κ1) is 15.8. The number of carbonyl (C=O) groups is 1. The van der Waals surface area contributed by atoms with Crippen molar-refractivity contribution in [2.45, 2.75) is 6.92 Å². The minimum Gasteiger partial charge on any atom is -0.495 e. The molecule has 3 heteroatoms. The van der Waals surface area contributed by atoms with Crippen LogP contribution < -0.4 is 10.1 Å². The highest BCUT2D eigenvalue weighted by Crippen LogP contribution is 2.25. The summed E-state index contributed by atoms with van der Waals surface area (Å²) < 4.78 is 5.28. The van der Waals surface area contributed by atoms with Gasteiger partial charge in [-0.15, -0.1) is 0 Å². The van der Waals surface area contributed by atoms with E-state index < -0.39 is 0 Å². The molecule has 0 spiro atoms. The van der Waals surface area contributed by atoms with Gasteiger partial charge in [-0.3, -0.25) is 4.79 Å². The number of methoxy groups -OCH3 is 1. The predicted octanol–water partition coefficient (Wildman–Crippen LogP) is 4.81. The molecule has 0 atom stereocenters. The van der Waals surface area contributed by atoms with Crippen LogP contribution in [0.2, 0.25) is 0 Å². The van der Waals surface area contributed by atoms with Crippen molar-refractivity contribution in [3.63, 3.8) is 0 Å². The third-order valence-electron chi connectivity index (χ3n) is 3.85. The molecule has 0 aliphatic carbocycles. The Bertz CT molecular complexity index is 907. The zero-order valence-electron chi connectivity index (χ0n) is 13.7. The van der Waals surface area contributed by atoms with Gasteiger partial charge in [-0.25, -0.2) is 0 Å². The number of anilines is 1. The van der Waals surface area contributed by atoms with Crippen molar-refractivity contribution < 1.29 is 9.53 Å². The smallest absolute Gasteiger partial charge is 0.248 e. The number of amides is 1. The van der Waals surface area contributed by atoms with Gasteiger partial charge in [-0.05, 0) is 47.0 Å². The molecule has 3 aromatic carbocycles.